The van der Waals surface area contributed by atoms with Crippen molar-refractivity contribution in [1.29, 1.82) is 0 Å². The molecule has 0 bridgehead atoms. The maximum atomic E-state index is 3.55. The predicted molar refractivity (Wildman–Crippen MR) is 85.1 cm³/mol. The Morgan fingerprint density at radius 3 is 2.80 bits per heavy atom. The summed E-state index contributed by atoms with van der Waals surface area (Å²) in [6.07, 6.45) is 0. The lowest BCUT2D eigenvalue weighted by atomic mass is 9.95. The Labute approximate surface area is 121 Å². The van der Waals surface area contributed by atoms with Crippen LogP contribution in [0.3, 0.4) is 0 Å². The first-order valence-electron chi connectivity index (χ1n) is 7.41. The normalized spacial score (nSPS) is 17.6. The van der Waals surface area contributed by atoms with E-state index >= 15 is 0 Å². The molecule has 1 N–H and O–H groups in total. The number of fused-ring (bicyclic) bond motifs is 1. The van der Waals surface area contributed by atoms with E-state index in [-0.39, 0.29) is 0 Å². The number of likely N-dealkylation sites (N-methyl/N-ethyl adjacent to an activating group) is 1. The predicted octanol–water partition coefficient (Wildman–Crippen LogP) is 3.67. The number of hydrogen-bond acceptors (Lipinski definition) is 2. The lowest BCUT2D eigenvalue weighted by molar-refractivity contribution is 0.520. The number of aryl methyl sites for hydroxylation is 1. The molecule has 2 heteroatoms. The fourth-order valence-electron chi connectivity index (χ4n) is 3.14. The van der Waals surface area contributed by atoms with Crippen molar-refractivity contribution in [3.05, 3.63) is 65.2 Å². The summed E-state index contributed by atoms with van der Waals surface area (Å²) in [7, 11) is 0. The highest BCUT2D eigenvalue weighted by molar-refractivity contribution is 5.52. The number of nitrogens with one attached hydrogen (secondary N) is 1. The molecule has 104 valence electrons. The quantitative estimate of drug-likeness (QED) is 0.912. The summed E-state index contributed by atoms with van der Waals surface area (Å²) in [5.74, 6) is 0. The lowest BCUT2D eigenvalue weighted by Gasteiger charge is -2.37. The molecule has 0 aliphatic carbocycles. The van der Waals surface area contributed by atoms with E-state index in [4.69, 9.17) is 0 Å². The summed E-state index contributed by atoms with van der Waals surface area (Å²) < 4.78 is 0. The van der Waals surface area contributed by atoms with Crippen LogP contribution < -0.4 is 10.2 Å². The Bertz CT molecular complexity index is 591. The summed E-state index contributed by atoms with van der Waals surface area (Å²) in [6, 6.07) is 18.0. The SMILES string of the molecule is CCN(c1cccc(C)c1)C1CNCc2ccccc21. The van der Waals surface area contributed by atoms with Gasteiger partial charge in [0.25, 0.3) is 0 Å². The van der Waals surface area contributed by atoms with Gasteiger partial charge in [-0.25, -0.2) is 0 Å². The smallest absolute Gasteiger partial charge is 0.0670 e. The van der Waals surface area contributed by atoms with Gasteiger partial charge in [-0.15, -0.1) is 0 Å². The monoisotopic (exact) mass is 266 g/mol. The average Bonchev–Trinajstić information content (AvgIpc) is 2.48. The lowest BCUT2D eigenvalue weighted by Crippen LogP contribution is -2.39. The van der Waals surface area contributed by atoms with E-state index in [2.05, 4.69) is 72.6 Å². The molecule has 0 saturated heterocycles. The molecule has 0 fully saturated rings. The minimum absolute atomic E-state index is 0.423. The van der Waals surface area contributed by atoms with Crippen LogP contribution in [-0.2, 0) is 6.54 Å². The molecule has 1 aliphatic heterocycles. The van der Waals surface area contributed by atoms with Gasteiger partial charge in [0, 0.05) is 25.3 Å². The van der Waals surface area contributed by atoms with Crippen LogP contribution in [0, 0.1) is 6.92 Å². The van der Waals surface area contributed by atoms with Gasteiger partial charge in [0.15, 0.2) is 0 Å². The van der Waals surface area contributed by atoms with Crippen LogP contribution in [0.1, 0.15) is 29.7 Å². The third-order valence-corrected chi connectivity index (χ3v) is 4.12. The highest BCUT2D eigenvalue weighted by Crippen LogP contribution is 2.31. The largest absolute Gasteiger partial charge is 0.363 e. The second kappa shape index (κ2) is 5.68. The van der Waals surface area contributed by atoms with Crippen molar-refractivity contribution < 1.29 is 0 Å². The minimum Gasteiger partial charge on any atom is -0.363 e. The molecular weight excluding hydrogens is 244 g/mol. The van der Waals surface area contributed by atoms with Crippen LogP contribution in [-0.4, -0.2) is 13.1 Å². The summed E-state index contributed by atoms with van der Waals surface area (Å²) in [4.78, 5) is 2.50. The van der Waals surface area contributed by atoms with Crippen molar-refractivity contribution in [3.63, 3.8) is 0 Å². The van der Waals surface area contributed by atoms with Gasteiger partial charge in [0.05, 0.1) is 6.04 Å². The zero-order valence-electron chi connectivity index (χ0n) is 12.3. The summed E-state index contributed by atoms with van der Waals surface area (Å²) in [5.41, 5.74) is 5.53. The molecule has 0 spiro atoms. The Hall–Kier alpha value is -1.80. The number of hydrogen-bond donors (Lipinski definition) is 1. The van der Waals surface area contributed by atoms with E-state index in [0.29, 0.717) is 6.04 Å². The molecule has 2 aromatic rings. The third-order valence-electron chi connectivity index (χ3n) is 4.12. The van der Waals surface area contributed by atoms with E-state index in [1.165, 1.54) is 22.4 Å². The van der Waals surface area contributed by atoms with Crippen molar-refractivity contribution >= 4 is 5.69 Å². The summed E-state index contributed by atoms with van der Waals surface area (Å²) >= 11 is 0. The standard InChI is InChI=1S/C18H22N2/c1-3-20(16-9-6-7-14(2)11-16)18-13-19-12-15-8-4-5-10-17(15)18/h4-11,18-19H,3,12-13H2,1-2H3. The summed E-state index contributed by atoms with van der Waals surface area (Å²) in [6.45, 7) is 7.41. The Morgan fingerprint density at radius 1 is 1.15 bits per heavy atom. The molecule has 1 heterocycles. The number of anilines is 1. The van der Waals surface area contributed by atoms with E-state index in [1.807, 2.05) is 0 Å². The molecule has 1 aliphatic rings. The van der Waals surface area contributed by atoms with Crippen LogP contribution in [0.15, 0.2) is 48.5 Å². The van der Waals surface area contributed by atoms with Gasteiger partial charge in [-0.05, 0) is 42.7 Å². The fourth-order valence-corrected chi connectivity index (χ4v) is 3.14. The molecule has 1 atom stereocenters. The molecule has 1 unspecified atom stereocenters. The molecule has 0 radical (unpaired) electrons. The van der Waals surface area contributed by atoms with Crippen LogP contribution in [0.4, 0.5) is 5.69 Å². The zero-order chi connectivity index (χ0) is 13.9. The first-order valence-corrected chi connectivity index (χ1v) is 7.41. The minimum atomic E-state index is 0.423. The molecule has 2 aromatic carbocycles. The third kappa shape index (κ3) is 2.44. The van der Waals surface area contributed by atoms with Gasteiger partial charge in [0.1, 0.15) is 0 Å². The van der Waals surface area contributed by atoms with Gasteiger partial charge >= 0.3 is 0 Å². The second-order valence-corrected chi connectivity index (χ2v) is 5.47. The maximum Gasteiger partial charge on any atom is 0.0670 e. The van der Waals surface area contributed by atoms with E-state index in [1.54, 1.807) is 0 Å². The number of benzene rings is 2. The van der Waals surface area contributed by atoms with Crippen LogP contribution in [0.5, 0.6) is 0 Å². The molecule has 2 nitrogen and oxygen atoms in total. The fraction of sp³-hybridized carbons (Fsp3) is 0.333. The van der Waals surface area contributed by atoms with Gasteiger partial charge in [0.2, 0.25) is 0 Å². The van der Waals surface area contributed by atoms with Gasteiger partial charge in [-0.2, -0.15) is 0 Å². The topological polar surface area (TPSA) is 15.3 Å². The van der Waals surface area contributed by atoms with Crippen LogP contribution in [0.25, 0.3) is 0 Å². The molecule has 3 rings (SSSR count). The van der Waals surface area contributed by atoms with Crippen molar-refractivity contribution in [1.82, 2.24) is 5.32 Å². The number of nitrogens with zero attached hydrogens (tertiary/aromatic N) is 1. The van der Waals surface area contributed by atoms with Crippen LogP contribution in [0.2, 0.25) is 0 Å². The average molecular weight is 266 g/mol. The highest BCUT2D eigenvalue weighted by Gasteiger charge is 2.24. The van der Waals surface area contributed by atoms with Crippen LogP contribution >= 0.6 is 0 Å². The zero-order valence-corrected chi connectivity index (χ0v) is 12.3. The summed E-state index contributed by atoms with van der Waals surface area (Å²) in [5, 5.41) is 3.55. The van der Waals surface area contributed by atoms with Gasteiger partial charge in [-0.1, -0.05) is 36.4 Å². The van der Waals surface area contributed by atoms with Crippen molar-refractivity contribution in [3.8, 4) is 0 Å². The Morgan fingerprint density at radius 2 is 2.00 bits per heavy atom. The van der Waals surface area contributed by atoms with E-state index in [0.717, 1.165) is 19.6 Å². The van der Waals surface area contributed by atoms with Gasteiger partial charge in [-0.3, -0.25) is 0 Å². The Kier molecular flexibility index (Phi) is 3.75. The molecule has 0 amide bonds. The van der Waals surface area contributed by atoms with Gasteiger partial charge < -0.3 is 10.2 Å². The van der Waals surface area contributed by atoms with Crippen molar-refractivity contribution in [2.45, 2.75) is 26.4 Å². The molecular formula is C18H22N2. The first-order chi connectivity index (χ1) is 9.79. The van der Waals surface area contributed by atoms with E-state index in [9.17, 15) is 0 Å². The first kappa shape index (κ1) is 13.2. The molecule has 20 heavy (non-hydrogen) atoms. The second-order valence-electron chi connectivity index (χ2n) is 5.47. The number of rotatable bonds is 3. The highest BCUT2D eigenvalue weighted by atomic mass is 15.2. The van der Waals surface area contributed by atoms with Crippen molar-refractivity contribution in [2.75, 3.05) is 18.0 Å². The van der Waals surface area contributed by atoms with E-state index < -0.39 is 0 Å². The molecule has 0 aromatic heterocycles. The maximum absolute atomic E-state index is 3.55. The molecule has 0 saturated carbocycles. The Balaban J connectivity index is 1.99. The van der Waals surface area contributed by atoms with Crippen molar-refractivity contribution in [2.24, 2.45) is 0 Å².